The van der Waals surface area contributed by atoms with Crippen molar-refractivity contribution in [1.82, 2.24) is 4.98 Å². The summed E-state index contributed by atoms with van der Waals surface area (Å²) in [6.45, 7) is 1.88. The van der Waals surface area contributed by atoms with E-state index in [0.717, 1.165) is 0 Å². The molecule has 1 aromatic carbocycles. The zero-order valence-corrected chi connectivity index (χ0v) is 10.6. The molecule has 0 saturated heterocycles. The molecule has 0 bridgehead atoms. The zero-order valence-electron chi connectivity index (χ0n) is 8.99. The first kappa shape index (κ1) is 11.8. The smallest absolute Gasteiger partial charge is 0.503 e. The van der Waals surface area contributed by atoms with Gasteiger partial charge in [-0.2, -0.15) is 0 Å². The number of hydrogen-bond donors (Lipinski definition) is 2. The lowest BCUT2D eigenvalue weighted by Crippen LogP contribution is -2.10. The highest BCUT2D eigenvalue weighted by Gasteiger charge is 2.17. The van der Waals surface area contributed by atoms with Crippen molar-refractivity contribution in [3.8, 4) is 11.6 Å². The van der Waals surface area contributed by atoms with E-state index in [1.54, 1.807) is 25.1 Å². The van der Waals surface area contributed by atoms with E-state index >= 15 is 0 Å². The molecule has 0 aliphatic heterocycles. The van der Waals surface area contributed by atoms with Gasteiger partial charge in [-0.15, -0.1) is 0 Å². The Morgan fingerprint density at radius 1 is 1.53 bits per heavy atom. The molecule has 17 heavy (non-hydrogen) atoms. The SMILES string of the molecule is CCOC(=O)Oc1[nH]c2cccc(Br)c2c1O. The van der Waals surface area contributed by atoms with Crippen LogP contribution < -0.4 is 4.74 Å². The molecule has 2 aromatic rings. The molecule has 1 aromatic heterocycles. The molecule has 5 nitrogen and oxygen atoms in total. The van der Waals surface area contributed by atoms with Gasteiger partial charge < -0.3 is 19.6 Å². The topological polar surface area (TPSA) is 71.5 Å². The van der Waals surface area contributed by atoms with Gasteiger partial charge in [-0.3, -0.25) is 0 Å². The van der Waals surface area contributed by atoms with Crippen molar-refractivity contribution in [2.45, 2.75) is 6.92 Å². The fraction of sp³-hybridized carbons (Fsp3) is 0.182. The van der Waals surface area contributed by atoms with Crippen LogP contribution in [-0.2, 0) is 4.74 Å². The Labute approximate surface area is 105 Å². The van der Waals surface area contributed by atoms with E-state index in [4.69, 9.17) is 4.74 Å². The highest BCUT2D eigenvalue weighted by molar-refractivity contribution is 9.10. The third kappa shape index (κ3) is 2.21. The van der Waals surface area contributed by atoms with Crippen LogP contribution in [0.2, 0.25) is 0 Å². The fourth-order valence-electron chi connectivity index (χ4n) is 1.47. The summed E-state index contributed by atoms with van der Waals surface area (Å²) in [6, 6.07) is 5.35. The molecule has 0 saturated carbocycles. The maximum atomic E-state index is 11.1. The number of nitrogens with one attached hydrogen (secondary N) is 1. The lowest BCUT2D eigenvalue weighted by molar-refractivity contribution is 0.102. The minimum Gasteiger partial charge on any atom is -0.503 e. The Balaban J connectivity index is 2.39. The minimum absolute atomic E-state index is 0.0228. The Morgan fingerprint density at radius 3 is 2.94 bits per heavy atom. The second kappa shape index (κ2) is 4.67. The number of aromatic nitrogens is 1. The minimum atomic E-state index is -0.856. The van der Waals surface area contributed by atoms with Crippen LogP contribution in [0.3, 0.4) is 0 Å². The van der Waals surface area contributed by atoms with Gasteiger partial charge >= 0.3 is 6.16 Å². The highest BCUT2D eigenvalue weighted by atomic mass is 79.9. The summed E-state index contributed by atoms with van der Waals surface area (Å²) in [7, 11) is 0. The number of carbonyl (C=O) groups is 1. The number of rotatable bonds is 2. The van der Waals surface area contributed by atoms with Crippen LogP contribution in [0.25, 0.3) is 10.9 Å². The molecule has 0 spiro atoms. The molecule has 0 atom stereocenters. The average Bonchev–Trinajstić information content (AvgIpc) is 2.57. The number of fused-ring (bicyclic) bond motifs is 1. The van der Waals surface area contributed by atoms with Crippen molar-refractivity contribution in [1.29, 1.82) is 0 Å². The van der Waals surface area contributed by atoms with E-state index in [2.05, 4.69) is 25.7 Å². The maximum absolute atomic E-state index is 11.1. The summed E-state index contributed by atoms with van der Waals surface area (Å²) in [5, 5.41) is 10.5. The van der Waals surface area contributed by atoms with Crippen molar-refractivity contribution in [2.24, 2.45) is 0 Å². The third-order valence-corrected chi connectivity index (χ3v) is 2.82. The molecule has 1 heterocycles. The van der Waals surface area contributed by atoms with Crippen LogP contribution in [-0.4, -0.2) is 22.9 Å². The maximum Gasteiger partial charge on any atom is 0.515 e. The van der Waals surface area contributed by atoms with Crippen LogP contribution in [0.5, 0.6) is 11.6 Å². The number of aromatic amines is 1. The standard InChI is InChI=1S/C11H10BrNO4/c1-2-16-11(15)17-10-9(14)8-6(12)4-3-5-7(8)13-10/h3-5,13-14H,2H2,1H3. The predicted octanol–water partition coefficient (Wildman–Crippen LogP) is 3.17. The Kier molecular flexibility index (Phi) is 3.23. The average molecular weight is 300 g/mol. The van der Waals surface area contributed by atoms with Crippen LogP contribution in [0.1, 0.15) is 6.92 Å². The fourth-order valence-corrected chi connectivity index (χ4v) is 2.02. The van der Waals surface area contributed by atoms with Crippen LogP contribution >= 0.6 is 15.9 Å². The highest BCUT2D eigenvalue weighted by Crippen LogP contribution is 2.38. The Hall–Kier alpha value is -1.69. The molecular formula is C11H10BrNO4. The summed E-state index contributed by atoms with van der Waals surface area (Å²) < 4.78 is 10.2. The van der Waals surface area contributed by atoms with Crippen LogP contribution in [0.4, 0.5) is 4.79 Å². The molecule has 0 aliphatic carbocycles. The molecule has 0 amide bonds. The molecule has 0 fully saturated rings. The molecule has 6 heteroatoms. The van der Waals surface area contributed by atoms with Gasteiger partial charge in [-0.25, -0.2) is 4.79 Å². The quantitative estimate of drug-likeness (QED) is 0.836. The second-order valence-electron chi connectivity index (χ2n) is 3.25. The lowest BCUT2D eigenvalue weighted by Gasteiger charge is -2.01. The van der Waals surface area contributed by atoms with Crippen molar-refractivity contribution >= 4 is 33.0 Å². The van der Waals surface area contributed by atoms with Gasteiger partial charge in [0.25, 0.3) is 0 Å². The summed E-state index contributed by atoms with van der Waals surface area (Å²) in [5.74, 6) is -0.147. The van der Waals surface area contributed by atoms with Crippen LogP contribution in [0, 0.1) is 0 Å². The summed E-state index contributed by atoms with van der Waals surface area (Å²) in [4.78, 5) is 13.9. The van der Waals surface area contributed by atoms with Crippen molar-refractivity contribution < 1.29 is 19.4 Å². The van der Waals surface area contributed by atoms with Crippen molar-refractivity contribution in [3.63, 3.8) is 0 Å². The van der Waals surface area contributed by atoms with Crippen molar-refractivity contribution in [2.75, 3.05) is 6.61 Å². The van der Waals surface area contributed by atoms with Gasteiger partial charge in [0.1, 0.15) is 0 Å². The van der Waals surface area contributed by atoms with E-state index in [1.165, 1.54) is 0 Å². The first-order valence-electron chi connectivity index (χ1n) is 4.97. The van der Waals surface area contributed by atoms with E-state index in [0.29, 0.717) is 15.4 Å². The largest absolute Gasteiger partial charge is 0.515 e. The molecule has 0 unspecified atom stereocenters. The number of halogens is 1. The van der Waals surface area contributed by atoms with Gasteiger partial charge in [0, 0.05) is 4.47 Å². The molecule has 2 N–H and O–H groups in total. The van der Waals surface area contributed by atoms with Crippen molar-refractivity contribution in [3.05, 3.63) is 22.7 Å². The number of hydrogen-bond acceptors (Lipinski definition) is 4. The van der Waals surface area contributed by atoms with E-state index in [1.807, 2.05) is 0 Å². The third-order valence-electron chi connectivity index (χ3n) is 2.16. The van der Waals surface area contributed by atoms with E-state index in [-0.39, 0.29) is 18.2 Å². The van der Waals surface area contributed by atoms with E-state index < -0.39 is 6.16 Å². The monoisotopic (exact) mass is 299 g/mol. The van der Waals surface area contributed by atoms with Gasteiger partial charge in [0.15, 0.2) is 5.75 Å². The molecular weight excluding hydrogens is 290 g/mol. The van der Waals surface area contributed by atoms with Crippen LogP contribution in [0.15, 0.2) is 22.7 Å². The van der Waals surface area contributed by atoms with Gasteiger partial charge in [-0.1, -0.05) is 6.07 Å². The number of aromatic hydroxyl groups is 1. The first-order valence-corrected chi connectivity index (χ1v) is 5.76. The zero-order chi connectivity index (χ0) is 12.4. The number of carbonyl (C=O) groups excluding carboxylic acids is 1. The first-order chi connectivity index (χ1) is 8.13. The van der Waals surface area contributed by atoms with Gasteiger partial charge in [0.2, 0.25) is 5.88 Å². The predicted molar refractivity (Wildman–Crippen MR) is 65.3 cm³/mol. The summed E-state index contributed by atoms with van der Waals surface area (Å²) in [5.41, 5.74) is 0.663. The number of H-pyrrole nitrogens is 1. The molecule has 2 rings (SSSR count). The Morgan fingerprint density at radius 2 is 2.29 bits per heavy atom. The lowest BCUT2D eigenvalue weighted by atomic mass is 10.2. The van der Waals surface area contributed by atoms with Gasteiger partial charge in [-0.05, 0) is 35.0 Å². The van der Waals surface area contributed by atoms with E-state index in [9.17, 15) is 9.90 Å². The normalized spacial score (nSPS) is 10.5. The molecule has 0 radical (unpaired) electrons. The number of benzene rings is 1. The van der Waals surface area contributed by atoms with Gasteiger partial charge in [0.05, 0.1) is 17.5 Å². The number of ether oxygens (including phenoxy) is 2. The second-order valence-corrected chi connectivity index (χ2v) is 4.10. The molecule has 90 valence electrons. The summed E-state index contributed by atoms with van der Waals surface area (Å²) >= 11 is 3.31. The molecule has 0 aliphatic rings. The summed E-state index contributed by atoms with van der Waals surface area (Å²) in [6.07, 6.45) is -0.856. The Bertz CT molecular complexity index is 564.